The van der Waals surface area contributed by atoms with Crippen LogP contribution in [0.2, 0.25) is 0 Å². The van der Waals surface area contributed by atoms with Gasteiger partial charge in [-0.2, -0.15) is 5.10 Å². The molecule has 116 valence electrons. The van der Waals surface area contributed by atoms with Crippen molar-refractivity contribution in [2.75, 3.05) is 6.54 Å². The number of carbonyl (C=O) groups excluding carboxylic acids is 1. The van der Waals surface area contributed by atoms with Crippen molar-refractivity contribution in [1.29, 1.82) is 0 Å². The van der Waals surface area contributed by atoms with Gasteiger partial charge in [-0.15, -0.1) is 0 Å². The van der Waals surface area contributed by atoms with Gasteiger partial charge >= 0.3 is 0 Å². The molecule has 1 fully saturated rings. The number of H-pyrrole nitrogens is 1. The summed E-state index contributed by atoms with van der Waals surface area (Å²) in [7, 11) is 0. The smallest absolute Gasteiger partial charge is 0.290 e. The van der Waals surface area contributed by atoms with Crippen molar-refractivity contribution < 1.29 is 9.21 Å². The second-order valence-electron chi connectivity index (χ2n) is 5.54. The molecule has 6 nitrogen and oxygen atoms in total. The van der Waals surface area contributed by atoms with E-state index in [9.17, 15) is 4.79 Å². The first-order valence-electron chi connectivity index (χ1n) is 7.65. The third-order valence-electron chi connectivity index (χ3n) is 4.10. The largest absolute Gasteiger partial charge is 0.459 e. The van der Waals surface area contributed by atoms with Crippen molar-refractivity contribution in [3.63, 3.8) is 0 Å². The third-order valence-corrected chi connectivity index (χ3v) is 4.10. The van der Waals surface area contributed by atoms with E-state index in [-0.39, 0.29) is 11.9 Å². The van der Waals surface area contributed by atoms with Gasteiger partial charge in [0.1, 0.15) is 5.82 Å². The van der Waals surface area contributed by atoms with Gasteiger partial charge in [-0.1, -0.05) is 30.3 Å². The molecule has 0 aliphatic carbocycles. The van der Waals surface area contributed by atoms with Gasteiger partial charge in [0.25, 0.3) is 5.91 Å². The number of aromatic nitrogens is 3. The molecule has 3 heterocycles. The molecule has 1 amide bonds. The van der Waals surface area contributed by atoms with Crippen LogP contribution in [-0.4, -0.2) is 32.5 Å². The van der Waals surface area contributed by atoms with Gasteiger partial charge in [0.15, 0.2) is 11.6 Å². The first-order valence-corrected chi connectivity index (χ1v) is 7.65. The maximum absolute atomic E-state index is 12.5. The molecule has 1 atom stereocenters. The molecule has 1 aliphatic rings. The highest BCUT2D eigenvalue weighted by Gasteiger charge is 2.34. The van der Waals surface area contributed by atoms with E-state index < -0.39 is 0 Å². The van der Waals surface area contributed by atoms with Gasteiger partial charge in [-0.3, -0.25) is 9.89 Å². The monoisotopic (exact) mass is 308 g/mol. The number of nitrogens with zero attached hydrogens (tertiary/aromatic N) is 3. The summed E-state index contributed by atoms with van der Waals surface area (Å²) in [4.78, 5) is 18.9. The van der Waals surface area contributed by atoms with Crippen LogP contribution in [0.15, 0.2) is 53.1 Å². The minimum Gasteiger partial charge on any atom is -0.459 e. The summed E-state index contributed by atoms with van der Waals surface area (Å²) >= 11 is 0. The van der Waals surface area contributed by atoms with Crippen molar-refractivity contribution >= 4 is 5.91 Å². The number of furan rings is 1. The molecular formula is C17H16N4O2. The Morgan fingerprint density at radius 2 is 2.09 bits per heavy atom. The van der Waals surface area contributed by atoms with E-state index >= 15 is 0 Å². The molecule has 1 saturated heterocycles. The van der Waals surface area contributed by atoms with Gasteiger partial charge in [-0.05, 0) is 25.0 Å². The third kappa shape index (κ3) is 2.52. The maximum Gasteiger partial charge on any atom is 0.290 e. The average Bonchev–Trinajstić information content (AvgIpc) is 3.35. The lowest BCUT2D eigenvalue weighted by molar-refractivity contribution is 0.0697. The molecule has 1 aromatic carbocycles. The van der Waals surface area contributed by atoms with E-state index in [4.69, 9.17) is 4.42 Å². The molecule has 23 heavy (non-hydrogen) atoms. The Labute approximate surface area is 133 Å². The summed E-state index contributed by atoms with van der Waals surface area (Å²) in [6.45, 7) is 0.700. The highest BCUT2D eigenvalue weighted by Crippen LogP contribution is 2.32. The zero-order chi connectivity index (χ0) is 15.6. The topological polar surface area (TPSA) is 75.0 Å². The van der Waals surface area contributed by atoms with Gasteiger partial charge in [0.2, 0.25) is 0 Å². The van der Waals surface area contributed by atoms with E-state index in [2.05, 4.69) is 15.2 Å². The molecule has 0 spiro atoms. The molecule has 6 heteroatoms. The van der Waals surface area contributed by atoms with Crippen molar-refractivity contribution in [2.24, 2.45) is 0 Å². The van der Waals surface area contributed by atoms with Crippen molar-refractivity contribution in [2.45, 2.75) is 18.9 Å². The number of nitrogens with one attached hydrogen (secondary N) is 1. The molecule has 3 aromatic rings. The van der Waals surface area contributed by atoms with Crippen LogP contribution in [0.4, 0.5) is 0 Å². The lowest BCUT2D eigenvalue weighted by Crippen LogP contribution is -2.30. The molecular weight excluding hydrogens is 292 g/mol. The van der Waals surface area contributed by atoms with Crippen molar-refractivity contribution in [1.82, 2.24) is 20.1 Å². The van der Waals surface area contributed by atoms with E-state index in [0.717, 1.165) is 24.2 Å². The molecule has 2 aromatic heterocycles. The number of carbonyl (C=O) groups is 1. The Kier molecular flexibility index (Phi) is 3.42. The Morgan fingerprint density at radius 1 is 1.22 bits per heavy atom. The molecule has 0 saturated carbocycles. The quantitative estimate of drug-likeness (QED) is 0.807. The number of hydrogen-bond donors (Lipinski definition) is 1. The van der Waals surface area contributed by atoms with E-state index in [1.165, 1.54) is 6.26 Å². The maximum atomic E-state index is 12.5. The van der Waals surface area contributed by atoms with Gasteiger partial charge in [-0.25, -0.2) is 4.98 Å². The lowest BCUT2D eigenvalue weighted by atomic mass is 10.2. The zero-order valence-electron chi connectivity index (χ0n) is 12.5. The second-order valence-corrected chi connectivity index (χ2v) is 5.54. The second kappa shape index (κ2) is 5.72. The summed E-state index contributed by atoms with van der Waals surface area (Å²) in [5, 5.41) is 7.28. The summed E-state index contributed by atoms with van der Waals surface area (Å²) in [5.41, 5.74) is 0.955. The zero-order valence-corrected chi connectivity index (χ0v) is 12.5. The normalized spacial score (nSPS) is 17.6. The Hall–Kier alpha value is -2.89. The highest BCUT2D eigenvalue weighted by atomic mass is 16.3. The average molecular weight is 308 g/mol. The van der Waals surface area contributed by atoms with Gasteiger partial charge in [0.05, 0.1) is 12.3 Å². The summed E-state index contributed by atoms with van der Waals surface area (Å²) in [6.07, 6.45) is 3.33. The number of likely N-dealkylation sites (tertiary alicyclic amines) is 1. The SMILES string of the molecule is O=C(c1ccco1)N1CCCC1c1nc(-c2ccccc2)n[nH]1. The van der Waals surface area contributed by atoms with Crippen LogP contribution in [-0.2, 0) is 0 Å². The fourth-order valence-electron chi connectivity index (χ4n) is 2.98. The first-order chi connectivity index (χ1) is 11.3. The van der Waals surface area contributed by atoms with Gasteiger partial charge < -0.3 is 9.32 Å². The lowest BCUT2D eigenvalue weighted by Gasteiger charge is -2.21. The number of benzene rings is 1. The fraction of sp³-hybridized carbons (Fsp3) is 0.235. The molecule has 1 N–H and O–H groups in total. The Morgan fingerprint density at radius 3 is 2.87 bits per heavy atom. The minimum absolute atomic E-state index is 0.0856. The first kappa shape index (κ1) is 13.8. The summed E-state index contributed by atoms with van der Waals surface area (Å²) in [5.74, 6) is 1.63. The minimum atomic E-state index is -0.102. The summed E-state index contributed by atoms with van der Waals surface area (Å²) < 4.78 is 5.23. The number of hydrogen-bond acceptors (Lipinski definition) is 4. The van der Waals surface area contributed by atoms with E-state index in [0.29, 0.717) is 18.1 Å². The van der Waals surface area contributed by atoms with Crippen molar-refractivity contribution in [3.05, 3.63) is 60.3 Å². The number of rotatable bonds is 3. The molecule has 0 radical (unpaired) electrons. The highest BCUT2D eigenvalue weighted by molar-refractivity contribution is 5.91. The van der Waals surface area contributed by atoms with Crippen LogP contribution >= 0.6 is 0 Å². The predicted molar refractivity (Wildman–Crippen MR) is 83.5 cm³/mol. The number of amides is 1. The van der Waals surface area contributed by atoms with Crippen LogP contribution in [0.1, 0.15) is 35.3 Å². The van der Waals surface area contributed by atoms with Crippen LogP contribution < -0.4 is 0 Å². The summed E-state index contributed by atoms with van der Waals surface area (Å²) in [6, 6.07) is 13.1. The molecule has 1 unspecified atom stereocenters. The van der Waals surface area contributed by atoms with E-state index in [1.54, 1.807) is 17.0 Å². The molecule has 1 aliphatic heterocycles. The van der Waals surface area contributed by atoms with Gasteiger partial charge in [0, 0.05) is 12.1 Å². The van der Waals surface area contributed by atoms with Crippen molar-refractivity contribution in [3.8, 4) is 11.4 Å². The van der Waals surface area contributed by atoms with Crippen LogP contribution in [0, 0.1) is 0 Å². The van der Waals surface area contributed by atoms with E-state index in [1.807, 2.05) is 30.3 Å². The van der Waals surface area contributed by atoms with Crippen LogP contribution in [0.3, 0.4) is 0 Å². The standard InChI is InChI=1S/C17H16N4O2/c22-17(14-9-5-11-23-14)21-10-4-8-13(21)16-18-15(19-20-16)12-6-2-1-3-7-12/h1-3,5-7,9,11,13H,4,8,10H2,(H,18,19,20). The number of aromatic amines is 1. The molecule has 0 bridgehead atoms. The van der Waals surface area contributed by atoms with Crippen LogP contribution in [0.5, 0.6) is 0 Å². The molecule has 4 rings (SSSR count). The Balaban J connectivity index is 1.60. The fourth-order valence-corrected chi connectivity index (χ4v) is 2.98. The predicted octanol–water partition coefficient (Wildman–Crippen LogP) is 3.04. The van der Waals surface area contributed by atoms with Crippen LogP contribution in [0.25, 0.3) is 11.4 Å². The Bertz CT molecular complexity index is 795.